The topological polar surface area (TPSA) is 49.4 Å². The molecule has 1 aliphatic heterocycles. The second-order valence-electron chi connectivity index (χ2n) is 6.38. The van der Waals surface area contributed by atoms with Crippen molar-refractivity contribution in [1.29, 1.82) is 0 Å². The van der Waals surface area contributed by atoms with E-state index in [4.69, 9.17) is 0 Å². The van der Waals surface area contributed by atoms with Crippen molar-refractivity contribution in [2.75, 3.05) is 19.6 Å². The lowest BCUT2D eigenvalue weighted by molar-refractivity contribution is 0.262. The Balaban J connectivity index is 1.91. The molecule has 1 aromatic rings. The third-order valence-corrected chi connectivity index (χ3v) is 6.78. The van der Waals surface area contributed by atoms with Crippen molar-refractivity contribution in [3.05, 3.63) is 29.3 Å². The van der Waals surface area contributed by atoms with Gasteiger partial charge in [-0.3, -0.25) is 0 Å². The maximum absolute atomic E-state index is 13.1. The average molecular weight is 322 g/mol. The molecular formula is C17H26N2O2S. The van der Waals surface area contributed by atoms with Crippen molar-refractivity contribution in [2.45, 2.75) is 56.4 Å². The van der Waals surface area contributed by atoms with E-state index in [1.54, 1.807) is 4.31 Å². The Hall–Kier alpha value is -0.910. The van der Waals surface area contributed by atoms with Gasteiger partial charge >= 0.3 is 0 Å². The maximum Gasteiger partial charge on any atom is 0.243 e. The fraction of sp³-hybridized carbons (Fsp3) is 0.647. The van der Waals surface area contributed by atoms with Crippen LogP contribution in [0.25, 0.3) is 0 Å². The third kappa shape index (κ3) is 3.07. The van der Waals surface area contributed by atoms with Crippen LogP contribution in [0.4, 0.5) is 0 Å². The highest BCUT2D eigenvalue weighted by Gasteiger charge is 2.32. The largest absolute Gasteiger partial charge is 0.317 e. The minimum Gasteiger partial charge on any atom is -0.317 e. The molecule has 0 spiro atoms. The van der Waals surface area contributed by atoms with E-state index in [0.29, 0.717) is 11.4 Å². The van der Waals surface area contributed by atoms with Gasteiger partial charge in [0.2, 0.25) is 10.0 Å². The molecule has 0 atom stereocenters. The monoisotopic (exact) mass is 322 g/mol. The molecule has 1 saturated heterocycles. The zero-order valence-electron chi connectivity index (χ0n) is 13.3. The highest BCUT2D eigenvalue weighted by atomic mass is 32.2. The van der Waals surface area contributed by atoms with Gasteiger partial charge < -0.3 is 5.32 Å². The highest BCUT2D eigenvalue weighted by molar-refractivity contribution is 7.89. The van der Waals surface area contributed by atoms with Gasteiger partial charge in [0.1, 0.15) is 0 Å². The van der Waals surface area contributed by atoms with Crippen LogP contribution in [0.5, 0.6) is 0 Å². The van der Waals surface area contributed by atoms with Crippen LogP contribution in [-0.4, -0.2) is 38.4 Å². The first-order valence-electron chi connectivity index (χ1n) is 8.47. The molecule has 4 nitrogen and oxygen atoms in total. The summed E-state index contributed by atoms with van der Waals surface area (Å²) in [7, 11) is -3.38. The predicted molar refractivity (Wildman–Crippen MR) is 88.5 cm³/mol. The molecule has 1 aromatic carbocycles. The third-order valence-electron chi connectivity index (χ3n) is 4.84. The molecule has 0 amide bonds. The van der Waals surface area contributed by atoms with Crippen LogP contribution in [0.2, 0.25) is 0 Å². The molecule has 5 heteroatoms. The molecule has 2 aliphatic rings. The number of nitrogens with one attached hydrogen (secondary N) is 1. The molecule has 0 unspecified atom stereocenters. The van der Waals surface area contributed by atoms with E-state index in [1.165, 1.54) is 11.1 Å². The van der Waals surface area contributed by atoms with E-state index < -0.39 is 10.0 Å². The van der Waals surface area contributed by atoms with Crippen molar-refractivity contribution in [3.8, 4) is 0 Å². The number of hydrogen-bond donors (Lipinski definition) is 1. The van der Waals surface area contributed by atoms with Crippen molar-refractivity contribution in [3.63, 3.8) is 0 Å². The number of benzene rings is 1. The smallest absolute Gasteiger partial charge is 0.243 e. The number of sulfonamides is 1. The predicted octanol–water partition coefficient (Wildman–Crippen LogP) is 2.33. The lowest BCUT2D eigenvalue weighted by Gasteiger charge is -2.33. The molecule has 122 valence electrons. The summed E-state index contributed by atoms with van der Waals surface area (Å²) in [6.07, 6.45) is 5.91. The van der Waals surface area contributed by atoms with Crippen LogP contribution in [0.3, 0.4) is 0 Å². The number of piperidine rings is 1. The van der Waals surface area contributed by atoms with Crippen molar-refractivity contribution in [1.82, 2.24) is 9.62 Å². The molecule has 3 rings (SSSR count). The Bertz CT molecular complexity index is 622. The quantitative estimate of drug-likeness (QED) is 0.905. The zero-order valence-corrected chi connectivity index (χ0v) is 14.2. The van der Waals surface area contributed by atoms with Crippen molar-refractivity contribution >= 4 is 10.0 Å². The molecule has 22 heavy (non-hydrogen) atoms. The molecule has 0 aromatic heterocycles. The van der Waals surface area contributed by atoms with Gasteiger partial charge in [-0.1, -0.05) is 13.0 Å². The molecular weight excluding hydrogens is 296 g/mol. The van der Waals surface area contributed by atoms with Crippen LogP contribution in [0, 0.1) is 0 Å². The Morgan fingerprint density at radius 1 is 1.18 bits per heavy atom. The Morgan fingerprint density at radius 2 is 1.91 bits per heavy atom. The first-order valence-corrected chi connectivity index (χ1v) is 9.91. The van der Waals surface area contributed by atoms with E-state index in [1.807, 2.05) is 25.1 Å². The molecule has 1 aliphatic carbocycles. The summed E-state index contributed by atoms with van der Waals surface area (Å²) in [5.41, 5.74) is 2.55. The summed E-state index contributed by atoms with van der Waals surface area (Å²) in [4.78, 5) is 0.486. The average Bonchev–Trinajstić information content (AvgIpc) is 3.00. The van der Waals surface area contributed by atoms with Crippen LogP contribution >= 0.6 is 0 Å². The lowest BCUT2D eigenvalue weighted by Crippen LogP contribution is -2.46. The lowest BCUT2D eigenvalue weighted by atomic mass is 10.1. The van der Waals surface area contributed by atoms with E-state index in [0.717, 1.165) is 51.6 Å². The maximum atomic E-state index is 13.1. The summed E-state index contributed by atoms with van der Waals surface area (Å²) in [6, 6.07) is 5.88. The zero-order chi connectivity index (χ0) is 15.6. The second kappa shape index (κ2) is 6.69. The van der Waals surface area contributed by atoms with Gasteiger partial charge in [0.05, 0.1) is 4.90 Å². The van der Waals surface area contributed by atoms with Crippen LogP contribution in [-0.2, 0) is 22.9 Å². The Kier molecular flexibility index (Phi) is 4.85. The molecule has 0 radical (unpaired) electrons. The summed E-state index contributed by atoms with van der Waals surface area (Å²) in [6.45, 7) is 4.48. The fourth-order valence-electron chi connectivity index (χ4n) is 3.66. The molecule has 1 heterocycles. The van der Waals surface area contributed by atoms with Gasteiger partial charge in [-0.05, 0) is 74.9 Å². The fourth-order valence-corrected chi connectivity index (χ4v) is 5.49. The first kappa shape index (κ1) is 16.0. The van der Waals surface area contributed by atoms with Crippen LogP contribution in [0.1, 0.15) is 43.7 Å². The van der Waals surface area contributed by atoms with Crippen LogP contribution in [0.15, 0.2) is 23.1 Å². The molecule has 1 N–H and O–H groups in total. The molecule has 0 saturated carbocycles. The molecule has 0 bridgehead atoms. The highest BCUT2D eigenvalue weighted by Crippen LogP contribution is 2.28. The van der Waals surface area contributed by atoms with Gasteiger partial charge in [0, 0.05) is 12.6 Å². The summed E-state index contributed by atoms with van der Waals surface area (Å²) in [5.74, 6) is 0. The number of fused-ring (bicyclic) bond motifs is 1. The summed E-state index contributed by atoms with van der Waals surface area (Å²) >= 11 is 0. The van der Waals surface area contributed by atoms with Crippen LogP contribution < -0.4 is 5.32 Å². The van der Waals surface area contributed by atoms with E-state index >= 15 is 0 Å². The Labute approximate surface area is 134 Å². The summed E-state index contributed by atoms with van der Waals surface area (Å²) < 4.78 is 28.0. The van der Waals surface area contributed by atoms with Crippen molar-refractivity contribution < 1.29 is 8.42 Å². The number of aryl methyl sites for hydroxylation is 2. The van der Waals surface area contributed by atoms with Gasteiger partial charge in [0.25, 0.3) is 0 Å². The van der Waals surface area contributed by atoms with E-state index in [-0.39, 0.29) is 6.04 Å². The molecule has 1 fully saturated rings. The summed E-state index contributed by atoms with van der Waals surface area (Å²) in [5, 5.41) is 3.32. The number of nitrogens with zero attached hydrogens (tertiary/aromatic N) is 1. The van der Waals surface area contributed by atoms with E-state index in [9.17, 15) is 8.42 Å². The SMILES string of the molecule is CCCN(C1CCNCC1)S(=O)(=O)c1ccc2c(c1)CCC2. The number of hydrogen-bond acceptors (Lipinski definition) is 3. The number of rotatable bonds is 5. The Morgan fingerprint density at radius 3 is 2.64 bits per heavy atom. The van der Waals surface area contributed by atoms with Gasteiger partial charge in [0.15, 0.2) is 0 Å². The van der Waals surface area contributed by atoms with Gasteiger partial charge in [-0.2, -0.15) is 4.31 Å². The van der Waals surface area contributed by atoms with E-state index in [2.05, 4.69) is 5.32 Å². The normalized spacial score (nSPS) is 19.5. The second-order valence-corrected chi connectivity index (χ2v) is 8.27. The first-order chi connectivity index (χ1) is 10.6. The van der Waals surface area contributed by atoms with Gasteiger partial charge in [-0.15, -0.1) is 0 Å². The van der Waals surface area contributed by atoms with Crippen molar-refractivity contribution in [2.24, 2.45) is 0 Å². The standard InChI is InChI=1S/C17H26N2O2S/c1-2-12-19(16-8-10-18-11-9-16)22(20,21)17-7-6-14-4-3-5-15(14)13-17/h6-7,13,16,18H,2-5,8-12H2,1H3. The minimum absolute atomic E-state index is 0.138. The van der Waals surface area contributed by atoms with Gasteiger partial charge in [-0.25, -0.2) is 8.42 Å². The minimum atomic E-state index is -3.38.